The minimum absolute atomic E-state index is 0.00929. The maximum Gasteiger partial charge on any atom is 0.407 e. The molecule has 11 heteroatoms. The number of nitrogens with two attached hydrogens (primary N) is 1. The van der Waals surface area contributed by atoms with E-state index >= 15 is 0 Å². The standard InChI is InChI=1S/C13H17N3O6S2/c14-23(19,20)11-1-3-12(4-2-11)24(21,22)16-7-9-5-15(13(17)18)6-10(9)8-16/h1-4,9-10H,5-8H2,(H,17,18)(H2,14,19,20). The van der Waals surface area contributed by atoms with Gasteiger partial charge in [-0.1, -0.05) is 0 Å². The molecule has 2 saturated heterocycles. The fraction of sp³-hybridized carbons (Fsp3) is 0.462. The van der Waals surface area contributed by atoms with Gasteiger partial charge in [0.25, 0.3) is 0 Å². The monoisotopic (exact) mass is 375 g/mol. The molecule has 0 spiro atoms. The topological polar surface area (TPSA) is 138 Å². The number of hydrogen-bond acceptors (Lipinski definition) is 5. The molecule has 1 amide bonds. The molecule has 132 valence electrons. The summed E-state index contributed by atoms with van der Waals surface area (Å²) >= 11 is 0. The molecule has 1 aromatic rings. The normalized spacial score (nSPS) is 25.0. The molecular formula is C13H17N3O6S2. The van der Waals surface area contributed by atoms with Crippen LogP contribution in [0.15, 0.2) is 34.1 Å². The van der Waals surface area contributed by atoms with E-state index in [-0.39, 0.29) is 34.7 Å². The van der Waals surface area contributed by atoms with Crippen LogP contribution in [0.3, 0.4) is 0 Å². The third-order valence-electron chi connectivity index (χ3n) is 4.51. The third-order valence-corrected chi connectivity index (χ3v) is 7.29. The zero-order chi connectivity index (χ0) is 17.7. The van der Waals surface area contributed by atoms with Crippen LogP contribution in [-0.4, -0.2) is 63.4 Å². The second kappa shape index (κ2) is 5.69. The van der Waals surface area contributed by atoms with Crippen LogP contribution < -0.4 is 5.14 Å². The van der Waals surface area contributed by atoms with Crippen LogP contribution in [0, 0.1) is 11.8 Å². The molecule has 2 heterocycles. The SMILES string of the molecule is NS(=O)(=O)c1ccc(S(=O)(=O)N2CC3CN(C(=O)O)CC3C2)cc1. The minimum atomic E-state index is -3.88. The van der Waals surface area contributed by atoms with Gasteiger partial charge < -0.3 is 10.0 Å². The van der Waals surface area contributed by atoms with Gasteiger partial charge >= 0.3 is 6.09 Å². The van der Waals surface area contributed by atoms with Crippen LogP contribution in [0.4, 0.5) is 4.79 Å². The second-order valence-corrected chi connectivity index (χ2v) is 9.55. The summed E-state index contributed by atoms with van der Waals surface area (Å²) in [5, 5.41) is 14.0. The Morgan fingerprint density at radius 3 is 1.83 bits per heavy atom. The molecule has 3 rings (SSSR count). The third kappa shape index (κ3) is 2.99. The van der Waals surface area contributed by atoms with E-state index in [1.54, 1.807) is 0 Å². The summed E-state index contributed by atoms with van der Waals surface area (Å²) < 4.78 is 49.1. The Hall–Kier alpha value is -1.69. The molecule has 1 aromatic carbocycles. The van der Waals surface area contributed by atoms with Crippen LogP contribution in [0.5, 0.6) is 0 Å². The Kier molecular flexibility index (Phi) is 4.06. The predicted molar refractivity (Wildman–Crippen MR) is 83.2 cm³/mol. The quantitative estimate of drug-likeness (QED) is 0.735. The van der Waals surface area contributed by atoms with Gasteiger partial charge in [-0.15, -0.1) is 0 Å². The zero-order valence-electron chi connectivity index (χ0n) is 12.6. The van der Waals surface area contributed by atoms with Crippen molar-refractivity contribution in [3.8, 4) is 0 Å². The number of carboxylic acid groups (broad SMARTS) is 1. The van der Waals surface area contributed by atoms with Gasteiger partial charge in [0.05, 0.1) is 9.79 Å². The van der Waals surface area contributed by atoms with Gasteiger partial charge in [-0.3, -0.25) is 0 Å². The summed E-state index contributed by atoms with van der Waals surface area (Å²) in [5.74, 6) is -0.0286. The molecule has 24 heavy (non-hydrogen) atoms. The number of likely N-dealkylation sites (tertiary alicyclic amines) is 1. The molecule has 0 aliphatic carbocycles. The highest BCUT2D eigenvalue weighted by Crippen LogP contribution is 2.34. The number of carbonyl (C=O) groups is 1. The average molecular weight is 375 g/mol. The second-order valence-electron chi connectivity index (χ2n) is 6.05. The van der Waals surface area contributed by atoms with Crippen molar-refractivity contribution in [2.75, 3.05) is 26.2 Å². The summed E-state index contributed by atoms with van der Waals surface area (Å²) in [5.41, 5.74) is 0. The molecule has 0 aromatic heterocycles. The van der Waals surface area contributed by atoms with Crippen molar-refractivity contribution in [3.05, 3.63) is 24.3 Å². The molecule has 2 aliphatic heterocycles. The van der Waals surface area contributed by atoms with E-state index in [0.717, 1.165) is 12.1 Å². The maximum atomic E-state index is 12.7. The highest BCUT2D eigenvalue weighted by Gasteiger charge is 2.45. The number of amides is 1. The first-order valence-corrected chi connectivity index (χ1v) is 10.2. The van der Waals surface area contributed by atoms with E-state index < -0.39 is 26.1 Å². The lowest BCUT2D eigenvalue weighted by molar-refractivity contribution is 0.151. The number of hydrogen-bond donors (Lipinski definition) is 2. The van der Waals surface area contributed by atoms with E-state index in [1.165, 1.54) is 21.3 Å². The van der Waals surface area contributed by atoms with E-state index in [1.807, 2.05) is 0 Å². The minimum Gasteiger partial charge on any atom is -0.465 e. The molecule has 0 radical (unpaired) electrons. The van der Waals surface area contributed by atoms with Gasteiger partial charge in [0.15, 0.2) is 0 Å². The summed E-state index contributed by atoms with van der Waals surface area (Å²) in [6.07, 6.45) is -0.989. The van der Waals surface area contributed by atoms with Crippen molar-refractivity contribution in [1.82, 2.24) is 9.21 Å². The molecule has 3 N–H and O–H groups in total. The van der Waals surface area contributed by atoms with Crippen molar-refractivity contribution in [2.45, 2.75) is 9.79 Å². The van der Waals surface area contributed by atoms with E-state index in [4.69, 9.17) is 10.2 Å². The lowest BCUT2D eigenvalue weighted by atomic mass is 10.0. The van der Waals surface area contributed by atoms with Crippen LogP contribution in [-0.2, 0) is 20.0 Å². The van der Waals surface area contributed by atoms with Crippen LogP contribution in [0.25, 0.3) is 0 Å². The average Bonchev–Trinajstić information content (AvgIpc) is 3.05. The Balaban J connectivity index is 1.77. The number of benzene rings is 1. The fourth-order valence-electron chi connectivity index (χ4n) is 3.25. The number of nitrogens with zero attached hydrogens (tertiary/aromatic N) is 2. The van der Waals surface area contributed by atoms with Gasteiger partial charge in [0, 0.05) is 26.2 Å². The number of rotatable bonds is 3. The molecule has 2 fully saturated rings. The molecule has 2 unspecified atom stereocenters. The van der Waals surface area contributed by atoms with E-state index in [2.05, 4.69) is 0 Å². The smallest absolute Gasteiger partial charge is 0.407 e. The first kappa shape index (κ1) is 17.1. The lowest BCUT2D eigenvalue weighted by Crippen LogP contribution is -2.35. The molecule has 9 nitrogen and oxygen atoms in total. The molecular weight excluding hydrogens is 358 g/mol. The first-order valence-electron chi connectivity index (χ1n) is 7.20. The summed E-state index contributed by atoms with van der Waals surface area (Å²) in [7, 11) is -7.63. The predicted octanol–water partition coefficient (Wildman–Crippen LogP) is -0.436. The Morgan fingerprint density at radius 1 is 0.958 bits per heavy atom. The number of sulfonamides is 2. The molecule has 0 bridgehead atoms. The molecule has 2 aliphatic rings. The van der Waals surface area contributed by atoms with Crippen LogP contribution in [0.1, 0.15) is 0 Å². The largest absolute Gasteiger partial charge is 0.465 e. The van der Waals surface area contributed by atoms with Gasteiger partial charge in [0.2, 0.25) is 20.0 Å². The summed E-state index contributed by atoms with van der Waals surface area (Å²) in [4.78, 5) is 12.1. The Morgan fingerprint density at radius 2 is 1.42 bits per heavy atom. The van der Waals surface area contributed by atoms with E-state index in [9.17, 15) is 21.6 Å². The van der Waals surface area contributed by atoms with Gasteiger partial charge in [-0.05, 0) is 36.1 Å². The first-order chi connectivity index (χ1) is 11.1. The van der Waals surface area contributed by atoms with Gasteiger partial charge in [-0.2, -0.15) is 4.31 Å². The van der Waals surface area contributed by atoms with Crippen LogP contribution in [0.2, 0.25) is 0 Å². The van der Waals surface area contributed by atoms with Crippen molar-refractivity contribution in [2.24, 2.45) is 17.0 Å². The summed E-state index contributed by atoms with van der Waals surface area (Å²) in [6.45, 7) is 1.17. The number of fused-ring (bicyclic) bond motifs is 1. The van der Waals surface area contributed by atoms with Crippen molar-refractivity contribution in [1.29, 1.82) is 0 Å². The fourth-order valence-corrected chi connectivity index (χ4v) is 5.32. The van der Waals surface area contributed by atoms with Crippen molar-refractivity contribution < 1.29 is 26.7 Å². The van der Waals surface area contributed by atoms with Crippen molar-refractivity contribution >= 4 is 26.1 Å². The van der Waals surface area contributed by atoms with Crippen molar-refractivity contribution in [3.63, 3.8) is 0 Å². The Labute approximate surface area is 139 Å². The maximum absolute atomic E-state index is 12.7. The highest BCUT2D eigenvalue weighted by molar-refractivity contribution is 7.89. The zero-order valence-corrected chi connectivity index (χ0v) is 14.2. The lowest BCUT2D eigenvalue weighted by Gasteiger charge is -2.20. The summed E-state index contributed by atoms with van der Waals surface area (Å²) in [6, 6.07) is 4.75. The Bertz CT molecular complexity index is 851. The van der Waals surface area contributed by atoms with Gasteiger partial charge in [0.1, 0.15) is 0 Å². The molecule has 2 atom stereocenters. The van der Waals surface area contributed by atoms with E-state index in [0.29, 0.717) is 13.1 Å². The van der Waals surface area contributed by atoms with Crippen LogP contribution >= 0.6 is 0 Å². The highest BCUT2D eigenvalue weighted by atomic mass is 32.2. The molecule has 0 saturated carbocycles. The number of primary sulfonamides is 1. The van der Waals surface area contributed by atoms with Gasteiger partial charge in [-0.25, -0.2) is 26.8 Å².